The van der Waals surface area contributed by atoms with E-state index in [1.54, 1.807) is 36.4 Å². The van der Waals surface area contributed by atoms with Crippen LogP contribution in [0.5, 0.6) is 0 Å². The number of benzene rings is 2. The minimum atomic E-state index is -0.256. The van der Waals surface area contributed by atoms with Crippen LogP contribution in [0.3, 0.4) is 0 Å². The SMILES string of the molecule is O=C(CCCc1nc2ccccc2c(=O)[nH]1)NCCc1ccccc1F. The van der Waals surface area contributed by atoms with Crippen LogP contribution in [-0.2, 0) is 17.6 Å². The average molecular weight is 353 g/mol. The summed E-state index contributed by atoms with van der Waals surface area (Å²) in [5, 5.41) is 3.35. The summed E-state index contributed by atoms with van der Waals surface area (Å²) in [6, 6.07) is 13.7. The molecule has 2 aromatic carbocycles. The Hall–Kier alpha value is -3.02. The Kier molecular flexibility index (Phi) is 5.73. The molecule has 6 heteroatoms. The van der Waals surface area contributed by atoms with E-state index in [0.29, 0.717) is 54.5 Å². The number of carbonyl (C=O) groups excluding carboxylic acids is 1. The number of amides is 1. The van der Waals surface area contributed by atoms with Crippen LogP contribution in [0.4, 0.5) is 4.39 Å². The average Bonchev–Trinajstić information content (AvgIpc) is 2.63. The smallest absolute Gasteiger partial charge is 0.258 e. The van der Waals surface area contributed by atoms with E-state index >= 15 is 0 Å². The number of H-pyrrole nitrogens is 1. The van der Waals surface area contributed by atoms with Crippen molar-refractivity contribution in [3.05, 3.63) is 76.1 Å². The quantitative estimate of drug-likeness (QED) is 0.686. The zero-order valence-electron chi connectivity index (χ0n) is 14.3. The molecule has 0 radical (unpaired) electrons. The fourth-order valence-corrected chi connectivity index (χ4v) is 2.80. The predicted molar refractivity (Wildman–Crippen MR) is 98.4 cm³/mol. The summed E-state index contributed by atoms with van der Waals surface area (Å²) in [5.74, 6) is 0.227. The molecule has 0 spiro atoms. The first-order valence-corrected chi connectivity index (χ1v) is 8.61. The zero-order chi connectivity index (χ0) is 18.4. The molecule has 2 N–H and O–H groups in total. The second kappa shape index (κ2) is 8.38. The van der Waals surface area contributed by atoms with Gasteiger partial charge in [0.2, 0.25) is 5.91 Å². The van der Waals surface area contributed by atoms with E-state index in [1.165, 1.54) is 6.07 Å². The molecule has 134 valence electrons. The van der Waals surface area contributed by atoms with Gasteiger partial charge < -0.3 is 10.3 Å². The van der Waals surface area contributed by atoms with E-state index in [9.17, 15) is 14.0 Å². The second-order valence-corrected chi connectivity index (χ2v) is 6.07. The number of aromatic nitrogens is 2. The summed E-state index contributed by atoms with van der Waals surface area (Å²) >= 11 is 0. The van der Waals surface area contributed by atoms with Crippen molar-refractivity contribution in [1.82, 2.24) is 15.3 Å². The van der Waals surface area contributed by atoms with Crippen molar-refractivity contribution in [3.8, 4) is 0 Å². The number of aryl methyl sites for hydroxylation is 1. The summed E-state index contributed by atoms with van der Waals surface area (Å²) in [6.45, 7) is 0.394. The fourth-order valence-electron chi connectivity index (χ4n) is 2.80. The molecule has 26 heavy (non-hydrogen) atoms. The maximum absolute atomic E-state index is 13.5. The fraction of sp³-hybridized carbons (Fsp3) is 0.250. The third-order valence-electron chi connectivity index (χ3n) is 4.15. The summed E-state index contributed by atoms with van der Waals surface area (Å²) in [7, 11) is 0. The number of aromatic amines is 1. The van der Waals surface area contributed by atoms with Gasteiger partial charge in [0.1, 0.15) is 11.6 Å². The lowest BCUT2D eigenvalue weighted by molar-refractivity contribution is -0.121. The highest BCUT2D eigenvalue weighted by atomic mass is 19.1. The number of para-hydroxylation sites is 1. The summed E-state index contributed by atoms with van der Waals surface area (Å²) in [6.07, 6.45) is 1.87. The van der Waals surface area contributed by atoms with Gasteiger partial charge in [-0.25, -0.2) is 9.37 Å². The van der Waals surface area contributed by atoms with E-state index in [1.807, 2.05) is 6.07 Å². The normalized spacial score (nSPS) is 10.8. The molecule has 5 nitrogen and oxygen atoms in total. The number of carbonyl (C=O) groups is 1. The monoisotopic (exact) mass is 353 g/mol. The van der Waals surface area contributed by atoms with Gasteiger partial charge in [0.15, 0.2) is 0 Å². The third-order valence-corrected chi connectivity index (χ3v) is 4.15. The number of rotatable bonds is 7. The highest BCUT2D eigenvalue weighted by molar-refractivity contribution is 5.77. The number of hydrogen-bond acceptors (Lipinski definition) is 3. The lowest BCUT2D eigenvalue weighted by atomic mass is 10.1. The Labute approximate surface area is 150 Å². The van der Waals surface area contributed by atoms with Crippen LogP contribution in [0.15, 0.2) is 53.3 Å². The number of hydrogen-bond donors (Lipinski definition) is 2. The molecule has 0 fully saturated rings. The van der Waals surface area contributed by atoms with Gasteiger partial charge in [0.05, 0.1) is 10.9 Å². The molecule has 1 aromatic heterocycles. The van der Waals surface area contributed by atoms with Gasteiger partial charge in [-0.3, -0.25) is 9.59 Å². The molecule has 0 saturated heterocycles. The molecule has 3 rings (SSSR count). The van der Waals surface area contributed by atoms with Crippen LogP contribution in [0.25, 0.3) is 10.9 Å². The molecule has 0 atom stereocenters. The van der Waals surface area contributed by atoms with Gasteiger partial charge in [-0.15, -0.1) is 0 Å². The zero-order valence-corrected chi connectivity index (χ0v) is 14.3. The minimum Gasteiger partial charge on any atom is -0.356 e. The van der Waals surface area contributed by atoms with Crippen LogP contribution < -0.4 is 10.9 Å². The van der Waals surface area contributed by atoms with Gasteiger partial charge in [-0.05, 0) is 36.6 Å². The minimum absolute atomic E-state index is 0.0931. The van der Waals surface area contributed by atoms with Crippen LogP contribution >= 0.6 is 0 Å². The third kappa shape index (κ3) is 4.53. The largest absolute Gasteiger partial charge is 0.356 e. The topological polar surface area (TPSA) is 74.8 Å². The van der Waals surface area contributed by atoms with Gasteiger partial charge >= 0.3 is 0 Å². The highest BCUT2D eigenvalue weighted by Crippen LogP contribution is 2.08. The van der Waals surface area contributed by atoms with Crippen molar-refractivity contribution in [1.29, 1.82) is 0 Å². The molecule has 0 aliphatic heterocycles. The van der Waals surface area contributed by atoms with E-state index in [2.05, 4.69) is 15.3 Å². The molecule has 0 aliphatic rings. The van der Waals surface area contributed by atoms with Crippen molar-refractivity contribution in [2.45, 2.75) is 25.7 Å². The van der Waals surface area contributed by atoms with E-state index < -0.39 is 0 Å². The molecule has 3 aromatic rings. The molecule has 0 unspecified atom stereocenters. The Bertz CT molecular complexity index is 968. The predicted octanol–water partition coefficient (Wildman–Crippen LogP) is 2.74. The summed E-state index contributed by atoms with van der Waals surface area (Å²) in [5.41, 5.74) is 1.08. The Morgan fingerprint density at radius 2 is 1.85 bits per heavy atom. The number of nitrogens with one attached hydrogen (secondary N) is 2. The van der Waals surface area contributed by atoms with Crippen LogP contribution in [0.2, 0.25) is 0 Å². The van der Waals surface area contributed by atoms with Gasteiger partial charge in [-0.2, -0.15) is 0 Å². The molecule has 1 heterocycles. The van der Waals surface area contributed by atoms with Crippen molar-refractivity contribution >= 4 is 16.8 Å². The van der Waals surface area contributed by atoms with E-state index in [0.717, 1.165) is 0 Å². The van der Waals surface area contributed by atoms with Crippen LogP contribution in [0, 0.1) is 5.82 Å². The van der Waals surface area contributed by atoms with Crippen LogP contribution in [-0.4, -0.2) is 22.4 Å². The Morgan fingerprint density at radius 1 is 1.08 bits per heavy atom. The summed E-state index contributed by atoms with van der Waals surface area (Å²) in [4.78, 5) is 31.1. The molecule has 0 aliphatic carbocycles. The first kappa shape index (κ1) is 17.8. The molecule has 0 bridgehead atoms. The first-order valence-electron chi connectivity index (χ1n) is 8.61. The highest BCUT2D eigenvalue weighted by Gasteiger charge is 2.06. The maximum Gasteiger partial charge on any atom is 0.258 e. The van der Waals surface area contributed by atoms with Crippen molar-refractivity contribution in [2.24, 2.45) is 0 Å². The van der Waals surface area contributed by atoms with Crippen LogP contribution in [0.1, 0.15) is 24.2 Å². The van der Waals surface area contributed by atoms with Gasteiger partial charge in [-0.1, -0.05) is 30.3 Å². The lowest BCUT2D eigenvalue weighted by Crippen LogP contribution is -2.25. The second-order valence-electron chi connectivity index (χ2n) is 6.07. The van der Waals surface area contributed by atoms with Crippen molar-refractivity contribution < 1.29 is 9.18 Å². The number of nitrogens with zero attached hydrogens (tertiary/aromatic N) is 1. The molecule has 0 saturated carbocycles. The number of fused-ring (bicyclic) bond motifs is 1. The summed E-state index contributed by atoms with van der Waals surface area (Å²) < 4.78 is 13.5. The van der Waals surface area contributed by atoms with Gasteiger partial charge in [0, 0.05) is 19.4 Å². The standard InChI is InChI=1S/C20H20FN3O2/c21-16-8-3-1-6-14(16)12-13-22-19(25)11-5-10-18-23-17-9-4-2-7-15(17)20(26)24-18/h1-4,6-9H,5,10-13H2,(H,22,25)(H,23,24,26). The maximum atomic E-state index is 13.5. The van der Waals surface area contributed by atoms with E-state index in [4.69, 9.17) is 0 Å². The number of halogens is 1. The van der Waals surface area contributed by atoms with E-state index in [-0.39, 0.29) is 17.3 Å². The molecular weight excluding hydrogens is 333 g/mol. The van der Waals surface area contributed by atoms with Crippen molar-refractivity contribution in [2.75, 3.05) is 6.54 Å². The molecule has 1 amide bonds. The van der Waals surface area contributed by atoms with Crippen molar-refractivity contribution in [3.63, 3.8) is 0 Å². The lowest BCUT2D eigenvalue weighted by Gasteiger charge is -2.06. The van der Waals surface area contributed by atoms with Gasteiger partial charge in [0.25, 0.3) is 5.56 Å². The first-order chi connectivity index (χ1) is 12.6. The Morgan fingerprint density at radius 3 is 2.69 bits per heavy atom. The molecular formula is C20H20FN3O2. The Balaban J connectivity index is 1.45.